The van der Waals surface area contributed by atoms with Gasteiger partial charge in [-0.1, -0.05) is 0 Å². The zero-order valence-corrected chi connectivity index (χ0v) is 10.8. The molecule has 0 bridgehead atoms. The van der Waals surface area contributed by atoms with Crippen LogP contribution in [0.15, 0.2) is 18.2 Å². The van der Waals surface area contributed by atoms with Gasteiger partial charge in [0.2, 0.25) is 6.79 Å². The molecule has 3 rings (SSSR count). The van der Waals surface area contributed by atoms with E-state index >= 15 is 0 Å². The molecule has 1 aromatic carbocycles. The summed E-state index contributed by atoms with van der Waals surface area (Å²) in [6.07, 6.45) is 1.09. The number of nitrogens with zero attached hydrogens (tertiary/aromatic N) is 1. The van der Waals surface area contributed by atoms with Gasteiger partial charge in [-0.3, -0.25) is 9.69 Å². The second-order valence-corrected chi connectivity index (χ2v) is 5.12. The number of fused-ring (bicyclic) bond motifs is 1. The molecular formula is C14H18N2O3. The van der Waals surface area contributed by atoms with E-state index in [1.165, 1.54) is 0 Å². The molecule has 1 saturated heterocycles. The van der Waals surface area contributed by atoms with Gasteiger partial charge < -0.3 is 15.2 Å². The van der Waals surface area contributed by atoms with Crippen LogP contribution in [0.4, 0.5) is 0 Å². The molecule has 2 N–H and O–H groups in total. The number of benzene rings is 1. The molecule has 1 atom stereocenters. The van der Waals surface area contributed by atoms with Gasteiger partial charge in [0, 0.05) is 12.1 Å². The first-order valence-corrected chi connectivity index (χ1v) is 6.61. The molecule has 0 aliphatic carbocycles. The van der Waals surface area contributed by atoms with E-state index in [4.69, 9.17) is 15.2 Å². The van der Waals surface area contributed by atoms with Gasteiger partial charge in [-0.2, -0.15) is 0 Å². The lowest BCUT2D eigenvalue weighted by atomic mass is 10.1. The number of hydrogen-bond donors (Lipinski definition) is 1. The fraction of sp³-hybridized carbons (Fsp3) is 0.500. The fourth-order valence-corrected chi connectivity index (χ4v) is 2.61. The van der Waals surface area contributed by atoms with Gasteiger partial charge in [0.1, 0.15) is 0 Å². The maximum atomic E-state index is 12.2. The van der Waals surface area contributed by atoms with E-state index in [9.17, 15) is 4.79 Å². The number of ketones is 1. The molecule has 2 aliphatic heterocycles. The smallest absolute Gasteiger partial charge is 0.231 e. The maximum Gasteiger partial charge on any atom is 0.231 e. The van der Waals surface area contributed by atoms with Crippen molar-refractivity contribution >= 4 is 5.78 Å². The fourth-order valence-electron chi connectivity index (χ4n) is 2.61. The van der Waals surface area contributed by atoms with Gasteiger partial charge in [-0.15, -0.1) is 0 Å². The van der Waals surface area contributed by atoms with Crippen LogP contribution < -0.4 is 15.2 Å². The second kappa shape index (κ2) is 5.19. The Bertz CT molecular complexity index is 490. The SMILES string of the molecule is NCC1CCN(CC(=O)c2ccc3c(c2)OCO3)C1. The average Bonchev–Trinajstić information content (AvgIpc) is 3.05. The molecule has 0 amide bonds. The zero-order valence-electron chi connectivity index (χ0n) is 10.8. The lowest BCUT2D eigenvalue weighted by molar-refractivity contribution is 0.0943. The molecule has 1 fully saturated rings. The van der Waals surface area contributed by atoms with Crippen molar-refractivity contribution in [2.24, 2.45) is 11.7 Å². The summed E-state index contributed by atoms with van der Waals surface area (Å²) in [5, 5.41) is 0. The van der Waals surface area contributed by atoms with E-state index in [0.717, 1.165) is 19.5 Å². The summed E-state index contributed by atoms with van der Waals surface area (Å²) >= 11 is 0. The van der Waals surface area contributed by atoms with Crippen molar-refractivity contribution in [2.75, 3.05) is 33.0 Å². The highest BCUT2D eigenvalue weighted by atomic mass is 16.7. The molecule has 5 nitrogen and oxygen atoms in total. The molecule has 1 unspecified atom stereocenters. The van der Waals surface area contributed by atoms with Gasteiger partial charge in [-0.05, 0) is 43.6 Å². The molecule has 5 heteroatoms. The van der Waals surface area contributed by atoms with Gasteiger partial charge >= 0.3 is 0 Å². The van der Waals surface area contributed by atoms with E-state index in [1.807, 2.05) is 0 Å². The predicted octanol–water partition coefficient (Wildman–Crippen LogP) is 0.879. The molecule has 0 aromatic heterocycles. The summed E-state index contributed by atoms with van der Waals surface area (Å²) in [6.45, 7) is 3.27. The third-order valence-electron chi connectivity index (χ3n) is 3.77. The number of carbonyl (C=O) groups excluding carboxylic acids is 1. The van der Waals surface area contributed by atoms with Gasteiger partial charge in [-0.25, -0.2) is 0 Å². The van der Waals surface area contributed by atoms with Crippen LogP contribution in [0, 0.1) is 5.92 Å². The normalized spacial score (nSPS) is 21.8. The lowest BCUT2D eigenvalue weighted by Crippen LogP contribution is -2.29. The quantitative estimate of drug-likeness (QED) is 0.816. The highest BCUT2D eigenvalue weighted by molar-refractivity contribution is 5.98. The molecule has 2 heterocycles. The molecule has 0 saturated carbocycles. The van der Waals surface area contributed by atoms with Crippen LogP contribution in [-0.2, 0) is 0 Å². The third kappa shape index (κ3) is 2.57. The van der Waals surface area contributed by atoms with Crippen molar-refractivity contribution < 1.29 is 14.3 Å². The summed E-state index contributed by atoms with van der Waals surface area (Å²) in [6, 6.07) is 5.36. The highest BCUT2D eigenvalue weighted by Gasteiger charge is 2.24. The predicted molar refractivity (Wildman–Crippen MR) is 70.5 cm³/mol. The summed E-state index contributed by atoms with van der Waals surface area (Å²) < 4.78 is 10.5. The summed E-state index contributed by atoms with van der Waals surface area (Å²) in [7, 11) is 0. The lowest BCUT2D eigenvalue weighted by Gasteiger charge is -2.14. The van der Waals surface area contributed by atoms with Crippen LogP contribution in [0.1, 0.15) is 16.8 Å². The van der Waals surface area contributed by atoms with Crippen LogP contribution in [0.3, 0.4) is 0 Å². The number of ether oxygens (including phenoxy) is 2. The molecular weight excluding hydrogens is 244 g/mol. The second-order valence-electron chi connectivity index (χ2n) is 5.12. The number of hydrogen-bond acceptors (Lipinski definition) is 5. The van der Waals surface area contributed by atoms with E-state index in [1.54, 1.807) is 18.2 Å². The Morgan fingerprint density at radius 3 is 3.00 bits per heavy atom. The zero-order chi connectivity index (χ0) is 13.2. The molecule has 0 spiro atoms. The largest absolute Gasteiger partial charge is 0.454 e. The summed E-state index contributed by atoms with van der Waals surface area (Å²) in [5.74, 6) is 2.02. The van der Waals surface area contributed by atoms with Gasteiger partial charge in [0.15, 0.2) is 17.3 Å². The Hall–Kier alpha value is -1.59. The number of Topliss-reactive ketones (excluding diaryl/α,β-unsaturated/α-hetero) is 1. The minimum absolute atomic E-state index is 0.121. The maximum absolute atomic E-state index is 12.2. The van der Waals surface area contributed by atoms with E-state index in [0.29, 0.717) is 36.1 Å². The minimum Gasteiger partial charge on any atom is -0.454 e. The monoisotopic (exact) mass is 262 g/mol. The number of carbonyl (C=O) groups is 1. The first kappa shape index (κ1) is 12.4. The molecule has 19 heavy (non-hydrogen) atoms. The molecule has 0 radical (unpaired) electrons. The average molecular weight is 262 g/mol. The standard InChI is InChI=1S/C14H18N2O3/c15-6-10-3-4-16(7-10)8-12(17)11-1-2-13-14(5-11)19-9-18-13/h1-2,5,10H,3-4,6-9,15H2. The number of rotatable bonds is 4. The van der Waals surface area contributed by atoms with E-state index in [2.05, 4.69) is 4.90 Å². The van der Waals surface area contributed by atoms with Crippen molar-refractivity contribution in [3.05, 3.63) is 23.8 Å². The Balaban J connectivity index is 1.64. The van der Waals surface area contributed by atoms with E-state index < -0.39 is 0 Å². The van der Waals surface area contributed by atoms with Gasteiger partial charge in [0.05, 0.1) is 6.54 Å². The van der Waals surface area contributed by atoms with E-state index in [-0.39, 0.29) is 12.6 Å². The summed E-state index contributed by atoms with van der Waals surface area (Å²) in [4.78, 5) is 14.4. The number of likely N-dealkylation sites (tertiary alicyclic amines) is 1. The topological polar surface area (TPSA) is 64.8 Å². The minimum atomic E-state index is 0.121. The van der Waals surface area contributed by atoms with Crippen molar-refractivity contribution in [3.63, 3.8) is 0 Å². The Morgan fingerprint density at radius 1 is 1.37 bits per heavy atom. The van der Waals surface area contributed by atoms with Crippen LogP contribution in [0.2, 0.25) is 0 Å². The molecule has 1 aromatic rings. The third-order valence-corrected chi connectivity index (χ3v) is 3.77. The Morgan fingerprint density at radius 2 is 2.21 bits per heavy atom. The summed E-state index contributed by atoms with van der Waals surface area (Å²) in [5.41, 5.74) is 6.34. The molecule has 102 valence electrons. The van der Waals surface area contributed by atoms with Crippen LogP contribution >= 0.6 is 0 Å². The van der Waals surface area contributed by atoms with Crippen molar-refractivity contribution in [3.8, 4) is 11.5 Å². The van der Waals surface area contributed by atoms with Gasteiger partial charge in [0.25, 0.3) is 0 Å². The van der Waals surface area contributed by atoms with Crippen molar-refractivity contribution in [1.29, 1.82) is 0 Å². The molecule has 2 aliphatic rings. The van der Waals surface area contributed by atoms with Crippen LogP contribution in [-0.4, -0.2) is 43.7 Å². The van der Waals surface area contributed by atoms with Crippen molar-refractivity contribution in [2.45, 2.75) is 6.42 Å². The first-order chi connectivity index (χ1) is 9.26. The highest BCUT2D eigenvalue weighted by Crippen LogP contribution is 2.32. The first-order valence-electron chi connectivity index (χ1n) is 6.61. The Kier molecular flexibility index (Phi) is 3.40. The Labute approximate surface area is 112 Å². The number of nitrogens with two attached hydrogens (primary N) is 1. The van der Waals surface area contributed by atoms with Crippen molar-refractivity contribution in [1.82, 2.24) is 4.90 Å². The van der Waals surface area contributed by atoms with Crippen LogP contribution in [0.5, 0.6) is 11.5 Å². The van der Waals surface area contributed by atoms with Crippen LogP contribution in [0.25, 0.3) is 0 Å².